The third kappa shape index (κ3) is 2.17. The quantitative estimate of drug-likeness (QED) is 0.912. The van der Waals surface area contributed by atoms with Gasteiger partial charge in [-0.05, 0) is 25.8 Å². The van der Waals surface area contributed by atoms with Crippen LogP contribution in [0.2, 0.25) is 0 Å². The number of nitrogens with zero attached hydrogens (tertiary/aromatic N) is 1. The van der Waals surface area contributed by atoms with E-state index in [0.29, 0.717) is 21.9 Å². The molecule has 1 aromatic heterocycles. The van der Waals surface area contributed by atoms with Gasteiger partial charge in [-0.25, -0.2) is 8.42 Å². The smallest absolute Gasteiger partial charge is 0.157 e. The van der Waals surface area contributed by atoms with Gasteiger partial charge in [0, 0.05) is 11.1 Å². The maximum absolute atomic E-state index is 11.8. The summed E-state index contributed by atoms with van der Waals surface area (Å²) in [7, 11) is -3.25. The summed E-state index contributed by atoms with van der Waals surface area (Å²) in [6.07, 6.45) is 1.83. The average molecular weight is 272 g/mol. The molecule has 2 N–H and O–H groups in total. The van der Waals surface area contributed by atoms with Crippen molar-refractivity contribution in [3.8, 4) is 6.07 Å². The Labute approximate surface area is 106 Å². The monoisotopic (exact) mass is 272 g/mol. The van der Waals surface area contributed by atoms with E-state index in [1.54, 1.807) is 13.8 Å². The molecule has 0 aliphatic carbocycles. The lowest BCUT2D eigenvalue weighted by Crippen LogP contribution is -2.28. The van der Waals surface area contributed by atoms with Gasteiger partial charge < -0.3 is 5.73 Å². The molecule has 0 aromatic carbocycles. The van der Waals surface area contributed by atoms with Crippen molar-refractivity contribution in [2.75, 3.05) is 12.0 Å². The summed E-state index contributed by atoms with van der Waals surface area (Å²) in [6, 6.07) is 2.01. The molecule has 0 fully saturated rings. The van der Waals surface area contributed by atoms with Crippen LogP contribution in [0, 0.1) is 11.3 Å². The summed E-state index contributed by atoms with van der Waals surface area (Å²) in [5, 5.41) is 8.95. The molecule has 17 heavy (non-hydrogen) atoms. The van der Waals surface area contributed by atoms with Gasteiger partial charge in [0.2, 0.25) is 0 Å². The first-order chi connectivity index (χ1) is 7.66. The van der Waals surface area contributed by atoms with Crippen LogP contribution >= 0.6 is 11.3 Å². The van der Waals surface area contributed by atoms with E-state index in [-0.39, 0.29) is 0 Å². The maximum Gasteiger partial charge on any atom is 0.157 e. The van der Waals surface area contributed by atoms with Crippen LogP contribution < -0.4 is 5.73 Å². The molecule has 94 valence electrons. The minimum atomic E-state index is -3.25. The molecule has 0 spiro atoms. The Hall–Kier alpha value is -1.06. The fraction of sp³-hybridized carbons (Fsp3) is 0.545. The van der Waals surface area contributed by atoms with Gasteiger partial charge in [-0.2, -0.15) is 5.26 Å². The number of nitrogen functional groups attached to an aromatic ring is 1. The highest BCUT2D eigenvalue weighted by atomic mass is 32.2. The van der Waals surface area contributed by atoms with E-state index < -0.39 is 14.6 Å². The Kier molecular flexibility index (Phi) is 3.55. The number of anilines is 1. The van der Waals surface area contributed by atoms with E-state index in [4.69, 9.17) is 11.0 Å². The molecule has 0 saturated carbocycles. The zero-order valence-corrected chi connectivity index (χ0v) is 12.0. The van der Waals surface area contributed by atoms with Gasteiger partial charge in [-0.3, -0.25) is 0 Å². The van der Waals surface area contributed by atoms with E-state index in [0.717, 1.165) is 5.56 Å². The normalized spacial score (nSPS) is 12.4. The predicted molar refractivity (Wildman–Crippen MR) is 70.7 cm³/mol. The van der Waals surface area contributed by atoms with Crippen LogP contribution in [-0.4, -0.2) is 14.7 Å². The summed E-state index contributed by atoms with van der Waals surface area (Å²) >= 11 is 1.18. The summed E-state index contributed by atoms with van der Waals surface area (Å²) in [4.78, 5) is 1.07. The van der Waals surface area contributed by atoms with Crippen LogP contribution in [0.25, 0.3) is 0 Å². The largest absolute Gasteiger partial charge is 0.397 e. The summed E-state index contributed by atoms with van der Waals surface area (Å²) in [6.45, 7) is 5.20. The number of nitriles is 1. The van der Waals surface area contributed by atoms with Crippen LogP contribution in [-0.2, 0) is 21.0 Å². The van der Waals surface area contributed by atoms with E-state index in [9.17, 15) is 8.42 Å². The highest BCUT2D eigenvalue weighted by Crippen LogP contribution is 2.41. The van der Waals surface area contributed by atoms with Crippen molar-refractivity contribution in [1.82, 2.24) is 0 Å². The second-order valence-corrected chi connectivity index (χ2v) is 7.99. The van der Waals surface area contributed by atoms with Crippen molar-refractivity contribution >= 4 is 26.9 Å². The first-order valence-electron chi connectivity index (χ1n) is 5.18. The lowest BCUT2D eigenvalue weighted by atomic mass is 10.0. The Balaban J connectivity index is 3.59. The molecule has 0 aliphatic heterocycles. The lowest BCUT2D eigenvalue weighted by molar-refractivity contribution is 0.563. The Morgan fingerprint density at radius 3 is 2.35 bits per heavy atom. The molecule has 1 rings (SSSR count). The van der Waals surface area contributed by atoms with Gasteiger partial charge in [-0.15, -0.1) is 11.3 Å². The van der Waals surface area contributed by atoms with Crippen molar-refractivity contribution in [2.24, 2.45) is 0 Å². The van der Waals surface area contributed by atoms with Crippen LogP contribution in [0.1, 0.15) is 36.1 Å². The van der Waals surface area contributed by atoms with Gasteiger partial charge in [0.15, 0.2) is 9.84 Å². The number of thiophene rings is 1. The third-order valence-corrected chi connectivity index (χ3v) is 6.64. The molecule has 0 amide bonds. The number of rotatable bonds is 3. The number of nitrogens with two attached hydrogens (primary N) is 1. The number of hydrogen-bond acceptors (Lipinski definition) is 5. The highest BCUT2D eigenvalue weighted by molar-refractivity contribution is 7.91. The van der Waals surface area contributed by atoms with Gasteiger partial charge in [0.25, 0.3) is 0 Å². The van der Waals surface area contributed by atoms with Gasteiger partial charge in [-0.1, -0.05) is 6.92 Å². The van der Waals surface area contributed by atoms with Crippen LogP contribution in [0.3, 0.4) is 0 Å². The molecule has 0 saturated heterocycles. The summed E-state index contributed by atoms with van der Waals surface area (Å²) < 4.78 is 22.6. The predicted octanol–water partition coefficient (Wildman–Crippen LogP) is 2.04. The number of sulfone groups is 1. The number of hydrogen-bond donors (Lipinski definition) is 1. The Morgan fingerprint density at radius 2 is 2.00 bits per heavy atom. The van der Waals surface area contributed by atoms with E-state index in [1.807, 2.05) is 13.0 Å². The minimum absolute atomic E-state index is 0.397. The zero-order chi connectivity index (χ0) is 13.4. The third-order valence-electron chi connectivity index (χ3n) is 2.98. The van der Waals surface area contributed by atoms with Gasteiger partial charge >= 0.3 is 0 Å². The lowest BCUT2D eigenvalue weighted by Gasteiger charge is -2.22. The molecule has 0 bridgehead atoms. The first kappa shape index (κ1) is 14.0. The standard InChI is InChI=1S/C11H16N2O2S2/c1-5-7-9(13)8(6-12)16-10(7)11(2,3)17(4,14)15/h5,13H2,1-4H3. The summed E-state index contributed by atoms with van der Waals surface area (Å²) in [5.41, 5.74) is 7.06. The van der Waals surface area contributed by atoms with Crippen molar-refractivity contribution in [3.63, 3.8) is 0 Å². The second kappa shape index (κ2) is 4.31. The fourth-order valence-corrected chi connectivity index (χ4v) is 3.71. The molecule has 6 heteroatoms. The maximum atomic E-state index is 11.8. The van der Waals surface area contributed by atoms with Gasteiger partial charge in [0.1, 0.15) is 15.7 Å². The molecule has 0 atom stereocenters. The molecule has 0 radical (unpaired) electrons. The molecule has 1 heterocycles. The van der Waals surface area contributed by atoms with Crippen molar-refractivity contribution in [3.05, 3.63) is 15.3 Å². The Bertz CT molecular complexity index is 577. The molecule has 4 nitrogen and oxygen atoms in total. The molecule has 0 aliphatic rings. The van der Waals surface area contributed by atoms with Crippen molar-refractivity contribution < 1.29 is 8.42 Å². The molecule has 0 unspecified atom stereocenters. The van der Waals surface area contributed by atoms with Crippen molar-refractivity contribution in [2.45, 2.75) is 31.9 Å². The SMILES string of the molecule is CCc1c(C(C)(C)S(C)(=O)=O)sc(C#N)c1N. The summed E-state index contributed by atoms with van der Waals surface area (Å²) in [5.74, 6) is 0. The Morgan fingerprint density at radius 1 is 1.47 bits per heavy atom. The second-order valence-electron chi connectivity index (χ2n) is 4.40. The first-order valence-corrected chi connectivity index (χ1v) is 7.88. The average Bonchev–Trinajstić information content (AvgIpc) is 2.53. The van der Waals surface area contributed by atoms with Crippen LogP contribution in [0.5, 0.6) is 0 Å². The molecular formula is C11H16N2O2S2. The van der Waals surface area contributed by atoms with Crippen molar-refractivity contribution in [1.29, 1.82) is 5.26 Å². The highest BCUT2D eigenvalue weighted by Gasteiger charge is 2.37. The molecule has 1 aromatic rings. The molecular weight excluding hydrogens is 256 g/mol. The van der Waals surface area contributed by atoms with E-state index >= 15 is 0 Å². The van der Waals surface area contributed by atoms with Gasteiger partial charge in [0.05, 0.1) is 5.69 Å². The van der Waals surface area contributed by atoms with Crippen LogP contribution in [0.4, 0.5) is 5.69 Å². The zero-order valence-electron chi connectivity index (χ0n) is 10.4. The van der Waals surface area contributed by atoms with E-state index in [2.05, 4.69) is 0 Å². The fourth-order valence-electron chi connectivity index (χ4n) is 1.57. The minimum Gasteiger partial charge on any atom is -0.397 e. The van der Waals surface area contributed by atoms with Crippen LogP contribution in [0.15, 0.2) is 0 Å². The topological polar surface area (TPSA) is 84.0 Å². The van der Waals surface area contributed by atoms with E-state index in [1.165, 1.54) is 17.6 Å².